The van der Waals surface area contributed by atoms with E-state index in [2.05, 4.69) is 108 Å². The molecule has 0 bridgehead atoms. The zero-order chi connectivity index (χ0) is 38.7. The highest BCUT2D eigenvalue weighted by atomic mass is 28.4. The van der Waals surface area contributed by atoms with E-state index in [0.29, 0.717) is 32.7 Å². The molecule has 1 unspecified atom stereocenters. The van der Waals surface area contributed by atoms with Crippen molar-refractivity contribution in [2.24, 2.45) is 5.92 Å². The number of ether oxygens (including phenoxy) is 4. The molecule has 9 heteroatoms. The summed E-state index contributed by atoms with van der Waals surface area (Å²) in [4.78, 5) is 0. The summed E-state index contributed by atoms with van der Waals surface area (Å²) in [6, 6.07) is 8.10. The third-order valence-corrected chi connectivity index (χ3v) is 21.6. The minimum atomic E-state index is -2.18. The number of benzene rings is 1. The Hall–Kier alpha value is -0.786. The first-order valence-corrected chi connectivity index (χ1v) is 26.0. The van der Waals surface area contributed by atoms with Gasteiger partial charge >= 0.3 is 0 Å². The van der Waals surface area contributed by atoms with Gasteiger partial charge in [-0.05, 0) is 111 Å². The van der Waals surface area contributed by atoms with Gasteiger partial charge in [-0.3, -0.25) is 0 Å². The molecular formula is C42H80O7Si2. The van der Waals surface area contributed by atoms with Crippen molar-refractivity contribution in [1.29, 1.82) is 0 Å². The molecule has 1 aromatic rings. The van der Waals surface area contributed by atoms with Crippen LogP contribution in [0.15, 0.2) is 24.3 Å². The molecule has 1 heterocycles. The van der Waals surface area contributed by atoms with Crippen LogP contribution in [0.2, 0.25) is 36.3 Å². The van der Waals surface area contributed by atoms with Crippen LogP contribution in [0.3, 0.4) is 0 Å². The van der Waals surface area contributed by atoms with E-state index >= 15 is 0 Å². The third-order valence-electron chi connectivity index (χ3n) is 12.5. The van der Waals surface area contributed by atoms with Crippen LogP contribution in [-0.2, 0) is 29.7 Å². The Kier molecular flexibility index (Phi) is 17.9. The van der Waals surface area contributed by atoms with Gasteiger partial charge in [-0.15, -0.1) is 0 Å². The van der Waals surface area contributed by atoms with Crippen molar-refractivity contribution in [3.63, 3.8) is 0 Å². The zero-order valence-corrected chi connectivity index (χ0v) is 37.7. The highest BCUT2D eigenvalue weighted by molar-refractivity contribution is 6.74. The smallest absolute Gasteiger partial charge is 0.192 e. The van der Waals surface area contributed by atoms with Gasteiger partial charge in [-0.25, -0.2) is 0 Å². The molecule has 51 heavy (non-hydrogen) atoms. The van der Waals surface area contributed by atoms with Crippen molar-refractivity contribution in [1.82, 2.24) is 0 Å². The molecule has 1 aliphatic rings. The lowest BCUT2D eigenvalue weighted by Gasteiger charge is -2.48. The van der Waals surface area contributed by atoms with Crippen molar-refractivity contribution in [3.05, 3.63) is 29.8 Å². The molecule has 1 saturated heterocycles. The first-order chi connectivity index (χ1) is 23.6. The fourth-order valence-electron chi connectivity index (χ4n) is 6.49. The van der Waals surface area contributed by atoms with E-state index in [-0.39, 0.29) is 28.2 Å². The van der Waals surface area contributed by atoms with Crippen molar-refractivity contribution in [2.75, 3.05) is 20.3 Å². The molecule has 298 valence electrons. The maximum atomic E-state index is 11.6. The summed E-state index contributed by atoms with van der Waals surface area (Å²) in [6.45, 7) is 33.6. The molecule has 0 saturated carbocycles. The number of hydrogen-bond acceptors (Lipinski definition) is 7. The molecule has 5 atom stereocenters. The zero-order valence-electron chi connectivity index (χ0n) is 35.7. The van der Waals surface area contributed by atoms with E-state index in [0.717, 1.165) is 62.7 Å². The predicted molar refractivity (Wildman–Crippen MR) is 218 cm³/mol. The molecule has 0 spiro atoms. The summed E-state index contributed by atoms with van der Waals surface area (Å²) in [5.74, 6) is 0.550. The Morgan fingerprint density at radius 1 is 0.863 bits per heavy atom. The Bertz CT molecular complexity index is 1120. The van der Waals surface area contributed by atoms with Gasteiger partial charge in [-0.2, -0.15) is 0 Å². The monoisotopic (exact) mass is 753 g/mol. The first-order valence-electron chi connectivity index (χ1n) is 20.2. The summed E-state index contributed by atoms with van der Waals surface area (Å²) in [7, 11) is -2.36. The maximum Gasteiger partial charge on any atom is 0.192 e. The van der Waals surface area contributed by atoms with Gasteiger partial charge in [0.05, 0.1) is 38.1 Å². The average molecular weight is 753 g/mol. The fourth-order valence-corrected chi connectivity index (χ4v) is 9.21. The molecular weight excluding hydrogens is 673 g/mol. The number of hydrogen-bond donors (Lipinski definition) is 1. The number of aliphatic hydroxyl groups is 1. The second kappa shape index (κ2) is 19.7. The van der Waals surface area contributed by atoms with E-state index in [1.165, 1.54) is 0 Å². The van der Waals surface area contributed by atoms with Crippen LogP contribution in [0, 0.1) is 5.92 Å². The minimum Gasteiger partial charge on any atom is -0.497 e. The average Bonchev–Trinajstić information content (AvgIpc) is 3.51. The normalized spacial score (nSPS) is 20.2. The summed E-state index contributed by atoms with van der Waals surface area (Å²) < 4.78 is 39.3. The lowest BCUT2D eigenvalue weighted by atomic mass is 9.84. The molecule has 0 radical (unpaired) electrons. The Morgan fingerprint density at radius 3 is 1.98 bits per heavy atom. The summed E-state index contributed by atoms with van der Waals surface area (Å²) in [5, 5.41) is 11.8. The molecule has 1 aromatic carbocycles. The maximum absolute atomic E-state index is 11.6. The third kappa shape index (κ3) is 13.5. The summed E-state index contributed by atoms with van der Waals surface area (Å²) in [5.41, 5.74) is 0.625. The second-order valence-corrected chi connectivity index (χ2v) is 27.9. The molecule has 0 amide bonds. The van der Waals surface area contributed by atoms with E-state index in [9.17, 15) is 5.11 Å². The minimum absolute atomic E-state index is 0.0230. The second-order valence-electron chi connectivity index (χ2n) is 18.4. The van der Waals surface area contributed by atoms with Crippen LogP contribution in [-0.4, -0.2) is 71.8 Å². The summed E-state index contributed by atoms with van der Waals surface area (Å²) >= 11 is 0. The van der Waals surface area contributed by atoms with Gasteiger partial charge in [0.1, 0.15) is 11.9 Å². The molecule has 2 rings (SSSR count). The van der Waals surface area contributed by atoms with Crippen molar-refractivity contribution in [3.8, 4) is 5.75 Å². The Labute approximate surface area is 316 Å². The lowest BCUT2D eigenvalue weighted by Crippen LogP contribution is -2.56. The van der Waals surface area contributed by atoms with Crippen LogP contribution in [0.25, 0.3) is 0 Å². The quantitative estimate of drug-likeness (QED) is 0.112. The van der Waals surface area contributed by atoms with Gasteiger partial charge in [-0.1, -0.05) is 94.2 Å². The highest BCUT2D eigenvalue weighted by Gasteiger charge is 2.53. The van der Waals surface area contributed by atoms with E-state index in [1.54, 1.807) is 7.11 Å². The van der Waals surface area contributed by atoms with Gasteiger partial charge < -0.3 is 32.9 Å². The van der Waals surface area contributed by atoms with Crippen LogP contribution < -0.4 is 4.74 Å². The predicted octanol–water partition coefficient (Wildman–Crippen LogP) is 11.4. The number of unbranched alkanes of at least 4 members (excludes halogenated alkanes) is 1. The largest absolute Gasteiger partial charge is 0.497 e. The van der Waals surface area contributed by atoms with Gasteiger partial charge in [0.25, 0.3) is 0 Å². The topological polar surface area (TPSA) is 75.6 Å². The molecule has 1 fully saturated rings. The van der Waals surface area contributed by atoms with Crippen LogP contribution in [0.5, 0.6) is 5.75 Å². The van der Waals surface area contributed by atoms with E-state index < -0.39 is 34.1 Å². The van der Waals surface area contributed by atoms with Crippen molar-refractivity contribution < 1.29 is 32.9 Å². The molecule has 0 aromatic heterocycles. The highest BCUT2D eigenvalue weighted by Crippen LogP contribution is 2.47. The standard InChI is InChI=1S/C42H80O7Si2/c1-16-19-28-41(49-51(14,15)40(8,9)10,38-32-46-42(17-2,18-3)48-38)29-26-35(43)23-20-33(4)37(27-30-47-50(12,13)39(5,6)7)45-31-34-21-24-36(44-11)25-22-34/h21-22,24-25,33,35,37-38,43H,16-20,23,26-32H2,1-15H3/t33-,35?,37+,38-,41+/m0/s1. The van der Waals surface area contributed by atoms with Crippen molar-refractivity contribution in [2.45, 2.75) is 206 Å². The van der Waals surface area contributed by atoms with Gasteiger partial charge in [0, 0.05) is 6.61 Å². The van der Waals surface area contributed by atoms with Crippen LogP contribution in [0.4, 0.5) is 0 Å². The molecule has 7 nitrogen and oxygen atoms in total. The Morgan fingerprint density at radius 2 is 1.47 bits per heavy atom. The molecule has 1 aliphatic heterocycles. The van der Waals surface area contributed by atoms with Crippen LogP contribution >= 0.6 is 0 Å². The number of rotatable bonds is 23. The van der Waals surface area contributed by atoms with Crippen molar-refractivity contribution >= 4 is 16.6 Å². The first kappa shape index (κ1) is 46.4. The fraction of sp³-hybridized carbons (Fsp3) is 0.857. The van der Waals surface area contributed by atoms with E-state index in [1.807, 2.05) is 12.1 Å². The van der Waals surface area contributed by atoms with Crippen LogP contribution in [0.1, 0.15) is 139 Å². The number of aliphatic hydroxyl groups excluding tert-OH is 1. The van der Waals surface area contributed by atoms with E-state index in [4.69, 9.17) is 27.8 Å². The SMILES string of the molecule is CCCC[C@](CCC(O)CC[C@H](C)[C@@H](CCO[Si](C)(C)C(C)(C)C)OCc1ccc(OC)cc1)(O[Si](C)(C)C(C)(C)C)[C@@H]1COC(CC)(CC)O1. The molecule has 1 N–H and O–H groups in total. The van der Waals surface area contributed by atoms with Gasteiger partial charge in [0.15, 0.2) is 22.4 Å². The number of methoxy groups -OCH3 is 1. The summed E-state index contributed by atoms with van der Waals surface area (Å²) in [6.07, 6.45) is 7.94. The molecule has 0 aliphatic carbocycles. The lowest BCUT2D eigenvalue weighted by molar-refractivity contribution is -0.196. The Balaban J connectivity index is 2.21. The van der Waals surface area contributed by atoms with Gasteiger partial charge in [0.2, 0.25) is 0 Å².